The molecule has 0 aliphatic heterocycles. The van der Waals surface area contributed by atoms with Crippen molar-refractivity contribution in [3.05, 3.63) is 29.8 Å². The van der Waals surface area contributed by atoms with Crippen LogP contribution in [0.5, 0.6) is 5.75 Å². The summed E-state index contributed by atoms with van der Waals surface area (Å²) < 4.78 is 5.33. The van der Waals surface area contributed by atoms with Gasteiger partial charge in [0.25, 0.3) is 0 Å². The fourth-order valence-corrected chi connectivity index (χ4v) is 2.90. The van der Waals surface area contributed by atoms with Crippen molar-refractivity contribution in [2.24, 2.45) is 11.7 Å². The molecule has 1 aliphatic rings. The first kappa shape index (κ1) is 14.4. The van der Waals surface area contributed by atoms with Gasteiger partial charge in [-0.2, -0.15) is 0 Å². The van der Waals surface area contributed by atoms with Gasteiger partial charge in [-0.3, -0.25) is 4.90 Å². The highest BCUT2D eigenvalue weighted by Crippen LogP contribution is 2.38. The first-order chi connectivity index (χ1) is 9.04. The molecule has 2 N–H and O–H groups in total. The van der Waals surface area contributed by atoms with E-state index in [1.807, 2.05) is 12.1 Å². The normalized spacial score (nSPS) is 20.1. The van der Waals surface area contributed by atoms with Gasteiger partial charge in [0.15, 0.2) is 0 Å². The summed E-state index contributed by atoms with van der Waals surface area (Å²) in [5.41, 5.74) is 7.48. The molecular formula is C16H26N2O. The fourth-order valence-electron chi connectivity index (χ4n) is 2.90. The van der Waals surface area contributed by atoms with Crippen molar-refractivity contribution in [1.82, 2.24) is 4.90 Å². The zero-order valence-electron chi connectivity index (χ0n) is 12.5. The molecule has 2 rings (SSSR count). The minimum Gasteiger partial charge on any atom is -0.497 e. The van der Waals surface area contributed by atoms with Crippen molar-refractivity contribution in [2.75, 3.05) is 14.2 Å². The van der Waals surface area contributed by atoms with Crippen LogP contribution in [-0.4, -0.2) is 31.1 Å². The quantitative estimate of drug-likeness (QED) is 0.856. The number of ether oxygens (including phenoxy) is 1. The van der Waals surface area contributed by atoms with Crippen LogP contribution < -0.4 is 10.5 Å². The highest BCUT2D eigenvalue weighted by Gasteiger charge is 2.34. The SMILES string of the molecule is COc1cccc(C(C(C)N)N(C)C(C)C2CC2)c1. The van der Waals surface area contributed by atoms with Gasteiger partial charge in [0.2, 0.25) is 0 Å². The molecule has 106 valence electrons. The Labute approximate surface area is 116 Å². The molecule has 1 fully saturated rings. The molecule has 1 aromatic rings. The predicted octanol–water partition coefficient (Wildman–Crippen LogP) is 2.81. The van der Waals surface area contributed by atoms with E-state index in [9.17, 15) is 0 Å². The molecule has 3 unspecified atom stereocenters. The summed E-state index contributed by atoms with van der Waals surface area (Å²) in [4.78, 5) is 2.43. The molecule has 0 radical (unpaired) electrons. The molecule has 0 bridgehead atoms. The number of hydrogen-bond donors (Lipinski definition) is 1. The Morgan fingerprint density at radius 1 is 1.32 bits per heavy atom. The van der Waals surface area contributed by atoms with Crippen LogP contribution >= 0.6 is 0 Å². The summed E-state index contributed by atoms with van der Waals surface area (Å²) in [6.45, 7) is 4.40. The summed E-state index contributed by atoms with van der Waals surface area (Å²) in [5.74, 6) is 1.74. The number of methoxy groups -OCH3 is 1. The topological polar surface area (TPSA) is 38.5 Å². The Morgan fingerprint density at radius 3 is 2.53 bits per heavy atom. The van der Waals surface area contributed by atoms with E-state index < -0.39 is 0 Å². The van der Waals surface area contributed by atoms with Gasteiger partial charge in [-0.15, -0.1) is 0 Å². The van der Waals surface area contributed by atoms with Crippen LogP contribution in [0, 0.1) is 5.92 Å². The highest BCUT2D eigenvalue weighted by molar-refractivity contribution is 5.31. The first-order valence-electron chi connectivity index (χ1n) is 7.16. The number of hydrogen-bond acceptors (Lipinski definition) is 3. The number of likely N-dealkylation sites (N-methyl/N-ethyl adjacent to an activating group) is 1. The second-order valence-corrected chi connectivity index (χ2v) is 5.82. The third kappa shape index (κ3) is 3.28. The number of benzene rings is 1. The fraction of sp³-hybridized carbons (Fsp3) is 0.625. The highest BCUT2D eigenvalue weighted by atomic mass is 16.5. The monoisotopic (exact) mass is 262 g/mol. The Kier molecular flexibility index (Phi) is 4.48. The third-order valence-electron chi connectivity index (χ3n) is 4.32. The number of nitrogens with zero attached hydrogens (tertiary/aromatic N) is 1. The van der Waals surface area contributed by atoms with Crippen LogP contribution in [0.25, 0.3) is 0 Å². The van der Waals surface area contributed by atoms with Gasteiger partial charge in [0, 0.05) is 18.1 Å². The minimum atomic E-state index is 0.0957. The van der Waals surface area contributed by atoms with Crippen LogP contribution in [-0.2, 0) is 0 Å². The summed E-state index contributed by atoms with van der Waals surface area (Å²) in [5, 5.41) is 0. The average Bonchev–Trinajstić information content (AvgIpc) is 3.22. The van der Waals surface area contributed by atoms with Crippen molar-refractivity contribution >= 4 is 0 Å². The molecule has 0 heterocycles. The Balaban J connectivity index is 2.22. The second-order valence-electron chi connectivity index (χ2n) is 5.82. The maximum Gasteiger partial charge on any atom is 0.119 e. The zero-order chi connectivity index (χ0) is 14.0. The lowest BCUT2D eigenvalue weighted by Crippen LogP contribution is -2.42. The van der Waals surface area contributed by atoms with E-state index in [1.54, 1.807) is 7.11 Å². The zero-order valence-corrected chi connectivity index (χ0v) is 12.5. The molecule has 3 heteroatoms. The summed E-state index contributed by atoms with van der Waals surface area (Å²) >= 11 is 0. The van der Waals surface area contributed by atoms with E-state index in [1.165, 1.54) is 18.4 Å². The summed E-state index contributed by atoms with van der Waals surface area (Å²) in [7, 11) is 3.90. The summed E-state index contributed by atoms with van der Waals surface area (Å²) in [6, 6.07) is 9.19. The molecule has 0 amide bonds. The molecule has 0 aromatic heterocycles. The van der Waals surface area contributed by atoms with Gasteiger partial charge in [0.05, 0.1) is 7.11 Å². The van der Waals surface area contributed by atoms with Gasteiger partial charge in [0.1, 0.15) is 5.75 Å². The Morgan fingerprint density at radius 2 is 2.00 bits per heavy atom. The molecule has 1 saturated carbocycles. The molecule has 0 saturated heterocycles. The number of rotatable bonds is 6. The molecule has 19 heavy (non-hydrogen) atoms. The lowest BCUT2D eigenvalue weighted by atomic mass is 9.97. The van der Waals surface area contributed by atoms with Crippen molar-refractivity contribution in [2.45, 2.75) is 44.8 Å². The predicted molar refractivity (Wildman–Crippen MR) is 79.3 cm³/mol. The second kappa shape index (κ2) is 5.93. The molecule has 1 aliphatic carbocycles. The molecule has 3 nitrogen and oxygen atoms in total. The smallest absolute Gasteiger partial charge is 0.119 e. The van der Waals surface area contributed by atoms with E-state index in [-0.39, 0.29) is 12.1 Å². The molecule has 0 spiro atoms. The standard InChI is InChI=1S/C16H26N2O/c1-11(17)16(18(3)12(2)13-8-9-13)14-6-5-7-15(10-14)19-4/h5-7,10-13,16H,8-9,17H2,1-4H3. The Hall–Kier alpha value is -1.06. The van der Waals surface area contributed by atoms with Gasteiger partial charge >= 0.3 is 0 Å². The van der Waals surface area contributed by atoms with Gasteiger partial charge in [-0.25, -0.2) is 0 Å². The van der Waals surface area contributed by atoms with Crippen LogP contribution in [0.1, 0.15) is 38.3 Å². The lowest BCUT2D eigenvalue weighted by molar-refractivity contribution is 0.149. The lowest BCUT2D eigenvalue weighted by Gasteiger charge is -2.36. The average molecular weight is 262 g/mol. The molecular weight excluding hydrogens is 236 g/mol. The van der Waals surface area contributed by atoms with Crippen molar-refractivity contribution in [1.29, 1.82) is 0 Å². The Bertz CT molecular complexity index is 415. The van der Waals surface area contributed by atoms with Crippen LogP contribution in [0.2, 0.25) is 0 Å². The largest absolute Gasteiger partial charge is 0.497 e. The van der Waals surface area contributed by atoms with E-state index in [2.05, 4.69) is 37.9 Å². The van der Waals surface area contributed by atoms with E-state index in [0.717, 1.165) is 11.7 Å². The summed E-state index contributed by atoms with van der Waals surface area (Å²) in [6.07, 6.45) is 2.71. The van der Waals surface area contributed by atoms with Crippen LogP contribution in [0.4, 0.5) is 0 Å². The van der Waals surface area contributed by atoms with Gasteiger partial charge in [-0.05, 0) is 57.4 Å². The molecule has 3 atom stereocenters. The van der Waals surface area contributed by atoms with Crippen molar-refractivity contribution < 1.29 is 4.74 Å². The van der Waals surface area contributed by atoms with Crippen LogP contribution in [0.15, 0.2) is 24.3 Å². The van der Waals surface area contributed by atoms with Gasteiger partial charge in [-0.1, -0.05) is 12.1 Å². The van der Waals surface area contributed by atoms with Crippen LogP contribution in [0.3, 0.4) is 0 Å². The van der Waals surface area contributed by atoms with Crippen molar-refractivity contribution in [3.8, 4) is 5.75 Å². The first-order valence-corrected chi connectivity index (χ1v) is 7.16. The maximum atomic E-state index is 6.24. The van der Waals surface area contributed by atoms with Crippen molar-refractivity contribution in [3.63, 3.8) is 0 Å². The maximum absolute atomic E-state index is 6.24. The molecule has 1 aromatic carbocycles. The van der Waals surface area contributed by atoms with E-state index in [0.29, 0.717) is 6.04 Å². The third-order valence-corrected chi connectivity index (χ3v) is 4.32. The van der Waals surface area contributed by atoms with E-state index in [4.69, 9.17) is 10.5 Å². The van der Waals surface area contributed by atoms with Gasteiger partial charge < -0.3 is 10.5 Å². The van der Waals surface area contributed by atoms with E-state index >= 15 is 0 Å². The number of nitrogens with two attached hydrogens (primary N) is 1. The minimum absolute atomic E-state index is 0.0957.